The van der Waals surface area contributed by atoms with E-state index in [1.807, 2.05) is 6.92 Å². The van der Waals surface area contributed by atoms with Crippen LogP contribution < -0.4 is 15.8 Å². The van der Waals surface area contributed by atoms with Crippen molar-refractivity contribution in [1.82, 2.24) is 5.32 Å². The summed E-state index contributed by atoms with van der Waals surface area (Å²) in [4.78, 5) is 23.5. The average molecular weight is 308 g/mol. The highest BCUT2D eigenvalue weighted by molar-refractivity contribution is 5.75. The normalized spacial score (nSPS) is 12.4. The Kier molecular flexibility index (Phi) is 5.79. The highest BCUT2D eigenvalue weighted by Gasteiger charge is 2.19. The van der Waals surface area contributed by atoms with Crippen LogP contribution in [0.5, 0.6) is 5.75 Å². The van der Waals surface area contributed by atoms with Crippen LogP contribution in [0.15, 0.2) is 18.2 Å². The van der Waals surface area contributed by atoms with Crippen LogP contribution in [0.2, 0.25) is 0 Å². The van der Waals surface area contributed by atoms with Gasteiger partial charge in [0.25, 0.3) is 0 Å². The van der Waals surface area contributed by atoms with E-state index in [2.05, 4.69) is 5.32 Å². The van der Waals surface area contributed by atoms with Crippen molar-refractivity contribution in [3.05, 3.63) is 23.8 Å². The van der Waals surface area contributed by atoms with Gasteiger partial charge in [0.15, 0.2) is 0 Å². The van der Waals surface area contributed by atoms with Crippen molar-refractivity contribution in [1.29, 1.82) is 0 Å². The number of hydrogen-bond acceptors (Lipinski definition) is 5. The van der Waals surface area contributed by atoms with Crippen molar-refractivity contribution < 1.29 is 19.1 Å². The lowest BCUT2D eigenvalue weighted by molar-refractivity contribution is -0.134. The second-order valence-electron chi connectivity index (χ2n) is 6.25. The van der Waals surface area contributed by atoms with Gasteiger partial charge in [0, 0.05) is 17.8 Å². The lowest BCUT2D eigenvalue weighted by atomic mass is 10.2. The first-order valence-corrected chi connectivity index (χ1v) is 7.13. The number of aryl methyl sites for hydroxylation is 1. The topological polar surface area (TPSA) is 90.6 Å². The second kappa shape index (κ2) is 7.15. The van der Waals surface area contributed by atoms with Crippen molar-refractivity contribution >= 4 is 17.7 Å². The summed E-state index contributed by atoms with van der Waals surface area (Å²) < 4.78 is 10.4. The molecule has 1 unspecified atom stereocenters. The van der Waals surface area contributed by atoms with Crippen LogP contribution in [0, 0.1) is 6.92 Å². The van der Waals surface area contributed by atoms with Gasteiger partial charge in [-0.05, 0) is 46.2 Å². The zero-order valence-electron chi connectivity index (χ0n) is 13.7. The fraction of sp³-hybridized carbons (Fsp3) is 0.500. The lowest BCUT2D eigenvalue weighted by Gasteiger charge is -2.21. The van der Waals surface area contributed by atoms with Gasteiger partial charge in [-0.25, -0.2) is 4.79 Å². The van der Waals surface area contributed by atoms with Gasteiger partial charge in [0.2, 0.25) is 0 Å². The number of hydrogen-bond donors (Lipinski definition) is 2. The first-order valence-electron chi connectivity index (χ1n) is 7.13. The summed E-state index contributed by atoms with van der Waals surface area (Å²) in [5.41, 5.74) is 6.42. The van der Waals surface area contributed by atoms with E-state index in [0.717, 1.165) is 5.56 Å². The summed E-state index contributed by atoms with van der Waals surface area (Å²) in [6.07, 6.45) is -0.527. The molecule has 0 bridgehead atoms. The number of anilines is 1. The Hall–Kier alpha value is -2.24. The van der Waals surface area contributed by atoms with Crippen molar-refractivity contribution in [3.8, 4) is 5.75 Å². The Morgan fingerprint density at radius 1 is 1.32 bits per heavy atom. The number of ether oxygens (including phenoxy) is 2. The van der Waals surface area contributed by atoms with E-state index in [0.29, 0.717) is 11.4 Å². The zero-order valence-corrected chi connectivity index (χ0v) is 13.7. The van der Waals surface area contributed by atoms with Crippen LogP contribution in [0.4, 0.5) is 10.5 Å². The van der Waals surface area contributed by atoms with Crippen LogP contribution >= 0.6 is 0 Å². The minimum absolute atomic E-state index is 0.0352. The highest BCUT2D eigenvalue weighted by Crippen LogP contribution is 2.21. The van der Waals surface area contributed by atoms with Gasteiger partial charge in [-0.15, -0.1) is 0 Å². The molecule has 22 heavy (non-hydrogen) atoms. The van der Waals surface area contributed by atoms with E-state index < -0.39 is 23.7 Å². The third-order valence-corrected chi connectivity index (χ3v) is 2.67. The smallest absolute Gasteiger partial charge is 0.407 e. The van der Waals surface area contributed by atoms with Gasteiger partial charge in [-0.2, -0.15) is 0 Å². The first-order chi connectivity index (χ1) is 10.1. The number of nitrogens with two attached hydrogens (primary N) is 1. The molecule has 1 aromatic rings. The molecule has 0 saturated carbocycles. The molecule has 0 aliphatic heterocycles. The Morgan fingerprint density at radius 2 is 1.95 bits per heavy atom. The van der Waals surface area contributed by atoms with E-state index in [9.17, 15) is 9.59 Å². The third-order valence-electron chi connectivity index (χ3n) is 2.67. The summed E-state index contributed by atoms with van der Waals surface area (Å²) >= 11 is 0. The maximum absolute atomic E-state index is 11.9. The molecule has 1 atom stereocenters. The lowest BCUT2D eigenvalue weighted by Crippen LogP contribution is -2.39. The number of carbonyl (C=O) groups excluding carboxylic acids is 2. The van der Waals surface area contributed by atoms with E-state index in [-0.39, 0.29) is 6.42 Å². The van der Waals surface area contributed by atoms with Crippen molar-refractivity contribution in [2.45, 2.75) is 52.7 Å². The molecule has 6 nitrogen and oxygen atoms in total. The van der Waals surface area contributed by atoms with Crippen LogP contribution in [-0.4, -0.2) is 23.7 Å². The molecular weight excluding hydrogens is 284 g/mol. The molecule has 0 aliphatic rings. The van der Waals surface area contributed by atoms with Gasteiger partial charge < -0.3 is 20.5 Å². The van der Waals surface area contributed by atoms with Gasteiger partial charge in [-0.1, -0.05) is 6.07 Å². The fourth-order valence-corrected chi connectivity index (χ4v) is 1.70. The first kappa shape index (κ1) is 17.8. The quantitative estimate of drug-likeness (QED) is 0.507. The van der Waals surface area contributed by atoms with E-state index in [1.165, 1.54) is 0 Å². The number of nitrogen functional groups attached to an aromatic ring is 1. The predicted molar refractivity (Wildman–Crippen MR) is 84.7 cm³/mol. The number of alkyl carbamates (subject to hydrolysis) is 1. The predicted octanol–water partition coefficient (Wildman–Crippen LogP) is 2.79. The van der Waals surface area contributed by atoms with Crippen LogP contribution in [-0.2, 0) is 9.53 Å². The van der Waals surface area contributed by atoms with Crippen LogP contribution in [0.3, 0.4) is 0 Å². The summed E-state index contributed by atoms with van der Waals surface area (Å²) in [6, 6.07) is 4.71. The minimum atomic E-state index is -0.580. The molecule has 1 amide bonds. The Labute approximate surface area is 131 Å². The highest BCUT2D eigenvalue weighted by atomic mass is 16.6. The van der Waals surface area contributed by atoms with Crippen molar-refractivity contribution in [2.75, 3.05) is 5.73 Å². The molecule has 0 aromatic heterocycles. The standard InChI is InChI=1S/C16H24N2O4/c1-10-6-7-12(17)9-13(10)21-14(19)8-11(2)18-15(20)22-16(3,4)5/h6-7,9,11H,8,17H2,1-5H3,(H,18,20). The number of carbonyl (C=O) groups is 2. The molecule has 1 aromatic carbocycles. The monoisotopic (exact) mass is 308 g/mol. The molecule has 0 fully saturated rings. The molecule has 1 rings (SSSR count). The molecule has 0 aliphatic carbocycles. The molecule has 0 spiro atoms. The second-order valence-corrected chi connectivity index (χ2v) is 6.25. The van der Waals surface area contributed by atoms with Gasteiger partial charge in [-0.3, -0.25) is 4.79 Å². The van der Waals surface area contributed by atoms with Gasteiger partial charge >= 0.3 is 12.1 Å². The largest absolute Gasteiger partial charge is 0.444 e. The molecule has 0 heterocycles. The Morgan fingerprint density at radius 3 is 2.55 bits per heavy atom. The zero-order chi connectivity index (χ0) is 16.9. The molecule has 6 heteroatoms. The summed E-state index contributed by atoms with van der Waals surface area (Å²) in [5.74, 6) is -0.0215. The van der Waals surface area contributed by atoms with Crippen LogP contribution in [0.25, 0.3) is 0 Å². The average Bonchev–Trinajstić information content (AvgIpc) is 2.30. The van der Waals surface area contributed by atoms with Crippen molar-refractivity contribution in [3.63, 3.8) is 0 Å². The Balaban J connectivity index is 2.51. The molecule has 0 saturated heterocycles. The Bertz CT molecular complexity index is 550. The summed E-state index contributed by atoms with van der Waals surface area (Å²) in [5, 5.41) is 2.59. The number of nitrogens with one attached hydrogen (secondary N) is 1. The number of esters is 1. The van der Waals surface area contributed by atoms with E-state index in [4.69, 9.17) is 15.2 Å². The maximum atomic E-state index is 11.9. The number of benzene rings is 1. The molecule has 122 valence electrons. The van der Waals surface area contributed by atoms with Crippen LogP contribution in [0.1, 0.15) is 39.7 Å². The number of rotatable bonds is 4. The van der Waals surface area contributed by atoms with E-state index in [1.54, 1.807) is 45.9 Å². The third kappa shape index (κ3) is 6.47. The van der Waals surface area contributed by atoms with E-state index >= 15 is 0 Å². The SMILES string of the molecule is Cc1ccc(N)cc1OC(=O)CC(C)NC(=O)OC(C)(C)C. The fourth-order valence-electron chi connectivity index (χ4n) is 1.70. The number of amides is 1. The molecule has 3 N–H and O–H groups in total. The molecule has 0 radical (unpaired) electrons. The minimum Gasteiger partial charge on any atom is -0.444 e. The van der Waals surface area contributed by atoms with Gasteiger partial charge in [0.1, 0.15) is 11.4 Å². The summed E-state index contributed by atoms with van der Waals surface area (Å²) in [6.45, 7) is 8.85. The van der Waals surface area contributed by atoms with Crippen molar-refractivity contribution in [2.24, 2.45) is 0 Å². The summed E-state index contributed by atoms with van der Waals surface area (Å²) in [7, 11) is 0. The van der Waals surface area contributed by atoms with Gasteiger partial charge in [0.05, 0.1) is 6.42 Å². The molecular formula is C16H24N2O4. The maximum Gasteiger partial charge on any atom is 0.407 e.